The van der Waals surface area contributed by atoms with Crippen LogP contribution in [0.4, 0.5) is 18.9 Å². The third-order valence-electron chi connectivity index (χ3n) is 4.35. The molecule has 1 amide bonds. The first-order valence-corrected chi connectivity index (χ1v) is 8.70. The summed E-state index contributed by atoms with van der Waals surface area (Å²) >= 11 is 0. The lowest BCUT2D eigenvalue weighted by Gasteiger charge is -2.08. The zero-order valence-electron chi connectivity index (χ0n) is 15.2. The summed E-state index contributed by atoms with van der Waals surface area (Å²) < 4.78 is 39.7. The number of nitrogens with zero attached hydrogens (tertiary/aromatic N) is 3. The number of nitrogens with one attached hydrogen (secondary N) is 1. The van der Waals surface area contributed by atoms with E-state index in [-0.39, 0.29) is 5.56 Å². The molecule has 4 aromatic rings. The number of amides is 1. The van der Waals surface area contributed by atoms with Gasteiger partial charge in [0, 0.05) is 29.8 Å². The van der Waals surface area contributed by atoms with Crippen LogP contribution in [-0.4, -0.2) is 20.3 Å². The number of fused-ring (bicyclic) bond motifs is 1. The number of carbonyl (C=O) groups excluding carboxylic acids is 1. The third-order valence-corrected chi connectivity index (χ3v) is 4.35. The summed E-state index contributed by atoms with van der Waals surface area (Å²) in [7, 11) is 0. The number of carbonyl (C=O) groups is 1. The van der Waals surface area contributed by atoms with Crippen LogP contribution in [0.25, 0.3) is 16.9 Å². The van der Waals surface area contributed by atoms with Crippen LogP contribution < -0.4 is 5.32 Å². The molecule has 0 atom stereocenters. The molecule has 0 spiro atoms. The zero-order chi connectivity index (χ0) is 20.6. The van der Waals surface area contributed by atoms with E-state index in [2.05, 4.69) is 15.3 Å². The van der Waals surface area contributed by atoms with E-state index in [1.54, 1.807) is 18.2 Å². The molecule has 1 aromatic carbocycles. The van der Waals surface area contributed by atoms with E-state index >= 15 is 0 Å². The fourth-order valence-corrected chi connectivity index (χ4v) is 2.88. The smallest absolute Gasteiger partial charge is 0.322 e. The minimum Gasteiger partial charge on any atom is -0.322 e. The highest BCUT2D eigenvalue weighted by Gasteiger charge is 2.32. The van der Waals surface area contributed by atoms with Gasteiger partial charge in [-0.2, -0.15) is 13.2 Å². The van der Waals surface area contributed by atoms with Gasteiger partial charge in [0.25, 0.3) is 5.91 Å². The molecule has 0 saturated heterocycles. The highest BCUT2D eigenvalue weighted by atomic mass is 19.4. The number of rotatable bonds is 3. The van der Waals surface area contributed by atoms with Gasteiger partial charge in [-0.1, -0.05) is 12.1 Å². The van der Waals surface area contributed by atoms with E-state index in [1.165, 1.54) is 0 Å². The van der Waals surface area contributed by atoms with E-state index in [0.29, 0.717) is 5.69 Å². The van der Waals surface area contributed by atoms with Gasteiger partial charge >= 0.3 is 6.18 Å². The van der Waals surface area contributed by atoms with Gasteiger partial charge in [0.05, 0.1) is 11.3 Å². The quantitative estimate of drug-likeness (QED) is 0.532. The Morgan fingerprint density at radius 1 is 1.10 bits per heavy atom. The Bertz CT molecular complexity index is 1200. The molecular formula is C21H15F3N4O. The highest BCUT2D eigenvalue weighted by molar-refractivity contribution is 6.04. The molecule has 146 valence electrons. The van der Waals surface area contributed by atoms with Gasteiger partial charge in [0.2, 0.25) is 0 Å². The molecule has 4 rings (SSSR count). The molecular weight excluding hydrogens is 381 g/mol. The first-order chi connectivity index (χ1) is 13.8. The molecule has 3 aromatic heterocycles. The number of alkyl halides is 3. The van der Waals surface area contributed by atoms with Crippen molar-refractivity contribution in [3.63, 3.8) is 0 Å². The lowest BCUT2D eigenvalue weighted by atomic mass is 10.1. The van der Waals surface area contributed by atoms with Crippen molar-refractivity contribution in [1.29, 1.82) is 0 Å². The predicted octanol–water partition coefficient (Wildman–Crippen LogP) is 4.98. The summed E-state index contributed by atoms with van der Waals surface area (Å²) in [4.78, 5) is 20.2. The van der Waals surface area contributed by atoms with E-state index in [1.807, 2.05) is 41.9 Å². The van der Waals surface area contributed by atoms with Crippen molar-refractivity contribution in [3.8, 4) is 11.3 Å². The molecule has 0 saturated carbocycles. The standard InChI is InChI=1S/C21H15F3N4O/c1-13-7-8-28-12-17(27-19(28)9-13)14-3-2-4-16(10-14)26-20(29)15-5-6-18(25-11-15)21(22,23)24/h2-12H,1H3,(H,26,29). The minimum absolute atomic E-state index is 0.0339. The van der Waals surface area contributed by atoms with Gasteiger partial charge in [0.1, 0.15) is 11.3 Å². The first kappa shape index (κ1) is 18.7. The van der Waals surface area contributed by atoms with E-state index in [4.69, 9.17) is 0 Å². The van der Waals surface area contributed by atoms with Gasteiger partial charge in [-0.05, 0) is 48.9 Å². The fourth-order valence-electron chi connectivity index (χ4n) is 2.88. The monoisotopic (exact) mass is 396 g/mol. The SMILES string of the molecule is Cc1ccn2cc(-c3cccc(NC(=O)c4ccc(C(F)(F)F)nc4)c3)nc2c1. The summed E-state index contributed by atoms with van der Waals surface area (Å²) in [6.07, 6.45) is 0.169. The van der Waals surface area contributed by atoms with Gasteiger partial charge in [-0.25, -0.2) is 4.98 Å². The highest BCUT2D eigenvalue weighted by Crippen LogP contribution is 2.27. The Hall–Kier alpha value is -3.68. The number of halogens is 3. The molecule has 0 bridgehead atoms. The lowest BCUT2D eigenvalue weighted by Crippen LogP contribution is -2.14. The second kappa shape index (κ2) is 7.05. The maximum absolute atomic E-state index is 12.6. The second-order valence-corrected chi connectivity index (χ2v) is 6.56. The molecule has 0 fully saturated rings. The Morgan fingerprint density at radius 3 is 2.66 bits per heavy atom. The molecule has 0 radical (unpaired) electrons. The van der Waals surface area contributed by atoms with Gasteiger partial charge < -0.3 is 9.72 Å². The number of imidazole rings is 1. The fraction of sp³-hybridized carbons (Fsp3) is 0.0952. The molecule has 0 unspecified atom stereocenters. The van der Waals surface area contributed by atoms with Crippen molar-refractivity contribution in [2.24, 2.45) is 0 Å². The van der Waals surface area contributed by atoms with Crippen LogP contribution >= 0.6 is 0 Å². The summed E-state index contributed by atoms with van der Waals surface area (Å²) in [5, 5.41) is 2.67. The summed E-state index contributed by atoms with van der Waals surface area (Å²) in [5.74, 6) is -0.547. The molecule has 0 aliphatic rings. The van der Waals surface area contributed by atoms with Crippen molar-refractivity contribution < 1.29 is 18.0 Å². The van der Waals surface area contributed by atoms with E-state index < -0.39 is 17.8 Å². The minimum atomic E-state index is -4.55. The van der Waals surface area contributed by atoms with Crippen LogP contribution in [-0.2, 0) is 6.18 Å². The average Bonchev–Trinajstić information content (AvgIpc) is 3.11. The predicted molar refractivity (Wildman–Crippen MR) is 103 cm³/mol. The number of hydrogen-bond acceptors (Lipinski definition) is 3. The Kier molecular flexibility index (Phi) is 4.54. The van der Waals surface area contributed by atoms with Crippen molar-refractivity contribution in [1.82, 2.24) is 14.4 Å². The van der Waals surface area contributed by atoms with Crippen LogP contribution in [0.2, 0.25) is 0 Å². The van der Waals surface area contributed by atoms with Crippen molar-refractivity contribution >= 4 is 17.2 Å². The van der Waals surface area contributed by atoms with Crippen molar-refractivity contribution in [2.45, 2.75) is 13.1 Å². The van der Waals surface area contributed by atoms with Crippen LogP contribution in [0.5, 0.6) is 0 Å². The van der Waals surface area contributed by atoms with Crippen molar-refractivity contribution in [2.75, 3.05) is 5.32 Å². The maximum Gasteiger partial charge on any atom is 0.433 e. The van der Waals surface area contributed by atoms with Gasteiger partial charge in [-0.15, -0.1) is 0 Å². The molecule has 1 N–H and O–H groups in total. The Morgan fingerprint density at radius 2 is 1.93 bits per heavy atom. The summed E-state index contributed by atoms with van der Waals surface area (Å²) in [5.41, 5.74) is 2.94. The normalized spacial score (nSPS) is 11.6. The largest absolute Gasteiger partial charge is 0.433 e. The number of hydrogen-bond donors (Lipinski definition) is 1. The molecule has 8 heteroatoms. The Labute approximate surface area is 163 Å². The second-order valence-electron chi connectivity index (χ2n) is 6.56. The van der Waals surface area contributed by atoms with Crippen LogP contribution in [0.1, 0.15) is 21.6 Å². The molecule has 0 aliphatic carbocycles. The Balaban J connectivity index is 1.56. The lowest BCUT2D eigenvalue weighted by molar-refractivity contribution is -0.141. The van der Waals surface area contributed by atoms with E-state index in [0.717, 1.165) is 40.8 Å². The number of anilines is 1. The maximum atomic E-state index is 12.6. The molecule has 3 heterocycles. The van der Waals surface area contributed by atoms with Crippen molar-refractivity contribution in [3.05, 3.63) is 83.9 Å². The zero-order valence-corrected chi connectivity index (χ0v) is 15.2. The number of benzene rings is 1. The van der Waals surface area contributed by atoms with Gasteiger partial charge in [-0.3, -0.25) is 9.78 Å². The molecule has 0 aliphatic heterocycles. The average molecular weight is 396 g/mol. The van der Waals surface area contributed by atoms with E-state index in [9.17, 15) is 18.0 Å². The summed E-state index contributed by atoms with van der Waals surface area (Å²) in [6.45, 7) is 1.99. The van der Waals surface area contributed by atoms with Crippen LogP contribution in [0, 0.1) is 6.92 Å². The molecule has 5 nitrogen and oxygen atoms in total. The third kappa shape index (κ3) is 3.96. The molecule has 29 heavy (non-hydrogen) atoms. The van der Waals surface area contributed by atoms with Crippen LogP contribution in [0.3, 0.4) is 0 Å². The van der Waals surface area contributed by atoms with Gasteiger partial charge in [0.15, 0.2) is 0 Å². The summed E-state index contributed by atoms with van der Waals surface area (Å²) in [6, 6.07) is 12.9. The number of aryl methyl sites for hydroxylation is 1. The number of pyridine rings is 2. The topological polar surface area (TPSA) is 59.3 Å². The first-order valence-electron chi connectivity index (χ1n) is 8.70. The van der Waals surface area contributed by atoms with Crippen LogP contribution in [0.15, 0.2) is 67.1 Å². The number of aromatic nitrogens is 3.